The fourth-order valence-corrected chi connectivity index (χ4v) is 7.04. The van der Waals surface area contributed by atoms with E-state index in [4.69, 9.17) is 21.5 Å². The van der Waals surface area contributed by atoms with Gasteiger partial charge in [0, 0.05) is 5.75 Å². The van der Waals surface area contributed by atoms with Gasteiger partial charge in [0.05, 0.1) is 13.2 Å². The van der Waals surface area contributed by atoms with Gasteiger partial charge in [-0.1, -0.05) is 56.0 Å². The van der Waals surface area contributed by atoms with E-state index in [2.05, 4.69) is 5.09 Å². The number of carbonyl (C=O) groups excluding carboxylic acids is 1. The van der Waals surface area contributed by atoms with Gasteiger partial charge in [-0.2, -0.15) is 0 Å². The summed E-state index contributed by atoms with van der Waals surface area (Å²) < 4.78 is 26.6. The highest BCUT2D eigenvalue weighted by Gasteiger charge is 2.46. The molecule has 1 fully saturated rings. The topological polar surface area (TPSA) is 67.9 Å². The molecular weight excluding hydrogens is 379 g/mol. The van der Waals surface area contributed by atoms with Crippen LogP contribution >= 0.6 is 31.7 Å². The fourth-order valence-electron chi connectivity index (χ4n) is 2.44. The number of thioether (sulfide) groups is 1. The molecular formula is C16H23N2O4PS2. The van der Waals surface area contributed by atoms with Gasteiger partial charge in [-0.15, -0.1) is 0 Å². The van der Waals surface area contributed by atoms with Crippen molar-refractivity contribution in [3.05, 3.63) is 30.3 Å². The van der Waals surface area contributed by atoms with Crippen LogP contribution in [0.4, 0.5) is 0 Å². The number of esters is 1. The molecule has 1 saturated heterocycles. The maximum Gasteiger partial charge on any atom is 0.421 e. The normalized spacial score (nSPS) is 21.1. The zero-order chi connectivity index (χ0) is 18.6. The lowest BCUT2D eigenvalue weighted by molar-refractivity contribution is -0.142. The third-order valence-electron chi connectivity index (χ3n) is 3.82. The smallest absolute Gasteiger partial charge is 0.421 e. The van der Waals surface area contributed by atoms with Gasteiger partial charge in [0.1, 0.15) is 16.1 Å². The highest BCUT2D eigenvalue weighted by atomic mass is 32.2. The summed E-state index contributed by atoms with van der Waals surface area (Å²) in [5.41, 5.74) is 0. The molecule has 1 aromatic carbocycles. The zero-order valence-corrected chi connectivity index (χ0v) is 17.2. The van der Waals surface area contributed by atoms with Crippen molar-refractivity contribution in [1.29, 1.82) is 0 Å². The molecule has 0 saturated carbocycles. The van der Waals surface area contributed by atoms with Gasteiger partial charge in [0.2, 0.25) is 0 Å². The predicted octanol–water partition coefficient (Wildman–Crippen LogP) is 3.68. The minimum absolute atomic E-state index is 0.0515. The summed E-state index contributed by atoms with van der Waals surface area (Å²) in [6.07, 6.45) is 0. The Kier molecular flexibility index (Phi) is 6.91. The van der Waals surface area contributed by atoms with Crippen molar-refractivity contribution in [2.75, 3.05) is 12.9 Å². The summed E-state index contributed by atoms with van der Waals surface area (Å²) in [6.45, 7) is 5.68. The van der Waals surface area contributed by atoms with Crippen LogP contribution in [0.1, 0.15) is 20.8 Å². The first-order chi connectivity index (χ1) is 11.8. The summed E-state index contributed by atoms with van der Waals surface area (Å²) in [5.74, 6) is 0.872. The van der Waals surface area contributed by atoms with Crippen molar-refractivity contribution in [2.24, 2.45) is 5.92 Å². The molecule has 2 rings (SSSR count). The van der Waals surface area contributed by atoms with E-state index in [-0.39, 0.29) is 12.0 Å². The number of para-hydroxylation sites is 1. The van der Waals surface area contributed by atoms with Crippen LogP contribution in [0.15, 0.2) is 30.3 Å². The van der Waals surface area contributed by atoms with Gasteiger partial charge in [-0.05, 0) is 25.0 Å². The highest BCUT2D eigenvalue weighted by molar-refractivity contribution is 8.23. The van der Waals surface area contributed by atoms with E-state index in [9.17, 15) is 9.36 Å². The lowest BCUT2D eigenvalue weighted by Crippen LogP contribution is -2.44. The number of methoxy groups -OCH3 is 1. The average molecular weight is 402 g/mol. The second-order valence-electron chi connectivity index (χ2n) is 6.03. The van der Waals surface area contributed by atoms with Gasteiger partial charge < -0.3 is 9.26 Å². The first-order valence-electron chi connectivity index (χ1n) is 7.95. The molecule has 0 amide bonds. The van der Waals surface area contributed by atoms with Crippen LogP contribution in [0.3, 0.4) is 0 Å². The molecule has 6 nitrogen and oxygen atoms in total. The average Bonchev–Trinajstić information content (AvgIpc) is 2.97. The molecule has 0 unspecified atom stereocenters. The number of hydrogen-bond donors (Lipinski definition) is 1. The van der Waals surface area contributed by atoms with E-state index < -0.39 is 19.7 Å². The predicted molar refractivity (Wildman–Crippen MR) is 105 cm³/mol. The Balaban J connectivity index is 2.38. The standard InChI is InChI=1S/C16H23N2O4PS2/c1-11(2)14-10-25-16(24)18(14)23(20,17-12(3)15(19)21-4)22-13-8-6-5-7-9-13/h5-9,11-12,14H,10H2,1-4H3,(H,17,20)/t12-,14+,23+/m0/s1. The van der Waals surface area contributed by atoms with Crippen LogP contribution in [0.5, 0.6) is 5.75 Å². The van der Waals surface area contributed by atoms with E-state index in [1.807, 2.05) is 19.9 Å². The van der Waals surface area contributed by atoms with Crippen LogP contribution in [-0.4, -0.2) is 39.9 Å². The first kappa shape index (κ1) is 20.2. The fraction of sp³-hybridized carbons (Fsp3) is 0.500. The maximum absolute atomic E-state index is 13.8. The Hall–Kier alpha value is -1.08. The lowest BCUT2D eigenvalue weighted by atomic mass is 10.1. The number of nitrogens with one attached hydrogen (secondary N) is 1. The van der Waals surface area contributed by atoms with Gasteiger partial charge in [-0.25, -0.2) is 9.65 Å². The number of carbonyl (C=O) groups is 1. The molecule has 0 spiro atoms. The highest BCUT2D eigenvalue weighted by Crippen LogP contribution is 2.54. The minimum Gasteiger partial charge on any atom is -0.468 e. The Morgan fingerprint density at radius 3 is 2.56 bits per heavy atom. The molecule has 3 atom stereocenters. The van der Waals surface area contributed by atoms with Crippen LogP contribution in [0.25, 0.3) is 0 Å². The van der Waals surface area contributed by atoms with E-state index in [0.29, 0.717) is 10.1 Å². The Labute approximate surface area is 158 Å². The molecule has 0 radical (unpaired) electrons. The van der Waals surface area contributed by atoms with Crippen molar-refractivity contribution in [3.8, 4) is 5.75 Å². The van der Waals surface area contributed by atoms with Gasteiger partial charge >= 0.3 is 13.6 Å². The third kappa shape index (κ3) is 4.76. The second kappa shape index (κ2) is 8.54. The molecule has 1 heterocycles. The van der Waals surface area contributed by atoms with E-state index in [1.54, 1.807) is 35.9 Å². The largest absolute Gasteiger partial charge is 0.468 e. The van der Waals surface area contributed by atoms with Crippen LogP contribution in [0, 0.1) is 5.92 Å². The number of rotatable bonds is 7. The molecule has 25 heavy (non-hydrogen) atoms. The summed E-state index contributed by atoms with van der Waals surface area (Å²) in [7, 11) is -2.37. The zero-order valence-electron chi connectivity index (χ0n) is 14.7. The molecule has 1 aliphatic heterocycles. The third-order valence-corrected chi connectivity index (χ3v) is 7.82. The number of ether oxygens (including phenoxy) is 1. The Bertz CT molecular complexity index is 671. The monoisotopic (exact) mass is 402 g/mol. The number of benzene rings is 1. The molecule has 1 aromatic rings. The lowest BCUT2D eigenvalue weighted by Gasteiger charge is -2.35. The SMILES string of the molecule is COC(=O)[C@H](C)N[P@@](=O)(Oc1ccccc1)N1C(=S)SC[C@@H]1C(C)C. The molecule has 0 bridgehead atoms. The van der Waals surface area contributed by atoms with Gasteiger partial charge in [0.15, 0.2) is 0 Å². The molecule has 0 aromatic heterocycles. The summed E-state index contributed by atoms with van der Waals surface area (Å²) in [6, 6.07) is 8.00. The number of thiocarbonyl (C=S) groups is 1. The summed E-state index contributed by atoms with van der Waals surface area (Å²) in [5, 5.41) is 2.83. The first-order valence-corrected chi connectivity index (χ1v) is 10.9. The van der Waals surface area contributed by atoms with Gasteiger partial charge in [0.25, 0.3) is 0 Å². The maximum atomic E-state index is 13.8. The Morgan fingerprint density at radius 2 is 2.00 bits per heavy atom. The quantitative estimate of drug-likeness (QED) is 0.421. The van der Waals surface area contributed by atoms with Crippen molar-refractivity contribution in [3.63, 3.8) is 0 Å². The van der Waals surface area contributed by atoms with Crippen molar-refractivity contribution < 1.29 is 18.6 Å². The van der Waals surface area contributed by atoms with Crippen LogP contribution in [0.2, 0.25) is 0 Å². The van der Waals surface area contributed by atoms with E-state index >= 15 is 0 Å². The van der Waals surface area contributed by atoms with Crippen LogP contribution in [-0.2, 0) is 14.1 Å². The van der Waals surface area contributed by atoms with E-state index in [1.165, 1.54) is 18.9 Å². The Morgan fingerprint density at radius 1 is 1.36 bits per heavy atom. The summed E-state index contributed by atoms with van der Waals surface area (Å²) in [4.78, 5) is 11.8. The summed E-state index contributed by atoms with van der Waals surface area (Å²) >= 11 is 6.90. The van der Waals surface area contributed by atoms with Crippen molar-refractivity contribution in [2.45, 2.75) is 32.9 Å². The number of hydrogen-bond acceptors (Lipinski definition) is 6. The minimum atomic E-state index is -3.66. The molecule has 9 heteroatoms. The van der Waals surface area contributed by atoms with E-state index in [0.717, 1.165) is 5.75 Å². The van der Waals surface area contributed by atoms with Crippen molar-refractivity contribution >= 4 is 41.9 Å². The molecule has 138 valence electrons. The molecule has 1 N–H and O–H groups in total. The van der Waals surface area contributed by atoms with Crippen LogP contribution < -0.4 is 9.61 Å². The second-order valence-corrected chi connectivity index (χ2v) is 9.60. The molecule has 1 aliphatic rings. The van der Waals surface area contributed by atoms with Crippen molar-refractivity contribution in [1.82, 2.24) is 9.76 Å². The number of nitrogens with zero attached hydrogens (tertiary/aromatic N) is 1. The van der Waals surface area contributed by atoms with Gasteiger partial charge in [-0.3, -0.25) is 9.46 Å². The molecule has 0 aliphatic carbocycles.